The van der Waals surface area contributed by atoms with Crippen LogP contribution in [0.1, 0.15) is 26.2 Å². The van der Waals surface area contributed by atoms with E-state index in [9.17, 15) is 4.79 Å². The van der Waals surface area contributed by atoms with Gasteiger partial charge in [0.2, 0.25) is 0 Å². The first kappa shape index (κ1) is 10.2. The number of anilines is 1. The van der Waals surface area contributed by atoms with Crippen LogP contribution in [0, 0.1) is 5.92 Å². The quantitative estimate of drug-likeness (QED) is 0.818. The highest BCUT2D eigenvalue weighted by molar-refractivity contribution is 5.79. The summed E-state index contributed by atoms with van der Waals surface area (Å²) in [5, 5.41) is 3.45. The van der Waals surface area contributed by atoms with Gasteiger partial charge in [0.25, 0.3) is 0 Å². The molecule has 2 atom stereocenters. The van der Waals surface area contributed by atoms with Crippen LogP contribution in [0.5, 0.6) is 0 Å². The molecule has 0 amide bonds. The Bertz CT molecular complexity index is 334. The monoisotopic (exact) mass is 203 g/mol. The van der Waals surface area contributed by atoms with Gasteiger partial charge in [-0.1, -0.05) is 24.6 Å². The zero-order chi connectivity index (χ0) is 10.7. The van der Waals surface area contributed by atoms with Gasteiger partial charge in [-0.2, -0.15) is 0 Å². The number of hydrogen-bond acceptors (Lipinski definition) is 2. The fourth-order valence-electron chi connectivity index (χ4n) is 2.37. The molecule has 2 unspecified atom stereocenters. The maximum absolute atomic E-state index is 11.4. The van der Waals surface area contributed by atoms with Gasteiger partial charge < -0.3 is 5.32 Å². The van der Waals surface area contributed by atoms with E-state index in [1.165, 1.54) is 0 Å². The van der Waals surface area contributed by atoms with Gasteiger partial charge in [-0.05, 0) is 31.9 Å². The van der Waals surface area contributed by atoms with E-state index in [1.54, 1.807) is 6.92 Å². The summed E-state index contributed by atoms with van der Waals surface area (Å²) in [6.45, 7) is 1.70. The Labute approximate surface area is 90.7 Å². The van der Waals surface area contributed by atoms with E-state index in [4.69, 9.17) is 0 Å². The average molecular weight is 203 g/mol. The number of hydrogen-bond donors (Lipinski definition) is 1. The smallest absolute Gasteiger partial charge is 0.134 e. The first-order valence-electron chi connectivity index (χ1n) is 5.59. The minimum atomic E-state index is 0.213. The second kappa shape index (κ2) is 4.47. The highest BCUT2D eigenvalue weighted by Crippen LogP contribution is 2.29. The van der Waals surface area contributed by atoms with Crippen molar-refractivity contribution < 1.29 is 4.79 Å². The molecular weight excluding hydrogens is 186 g/mol. The molecule has 0 heterocycles. The lowest BCUT2D eigenvalue weighted by Crippen LogP contribution is -2.28. The van der Waals surface area contributed by atoms with E-state index >= 15 is 0 Å². The Morgan fingerprint density at radius 1 is 1.27 bits per heavy atom. The van der Waals surface area contributed by atoms with Gasteiger partial charge in [0.1, 0.15) is 5.78 Å². The van der Waals surface area contributed by atoms with Crippen molar-refractivity contribution in [1.29, 1.82) is 0 Å². The van der Waals surface area contributed by atoms with Gasteiger partial charge in [0.15, 0.2) is 0 Å². The zero-order valence-electron chi connectivity index (χ0n) is 9.07. The maximum Gasteiger partial charge on any atom is 0.134 e. The summed E-state index contributed by atoms with van der Waals surface area (Å²) in [5.74, 6) is 0.533. The van der Waals surface area contributed by atoms with E-state index in [-0.39, 0.29) is 5.92 Å². The second-order valence-corrected chi connectivity index (χ2v) is 4.26. The van der Waals surface area contributed by atoms with E-state index in [2.05, 4.69) is 17.4 Å². The van der Waals surface area contributed by atoms with Gasteiger partial charge in [0, 0.05) is 17.6 Å². The summed E-state index contributed by atoms with van der Waals surface area (Å²) >= 11 is 0. The fraction of sp³-hybridized carbons (Fsp3) is 0.462. The summed E-state index contributed by atoms with van der Waals surface area (Å²) in [4.78, 5) is 11.4. The van der Waals surface area contributed by atoms with E-state index in [0.717, 1.165) is 24.9 Å². The lowest BCUT2D eigenvalue weighted by Gasteiger charge is -2.19. The molecule has 2 heteroatoms. The van der Waals surface area contributed by atoms with Crippen LogP contribution in [0.3, 0.4) is 0 Å². The molecule has 1 saturated carbocycles. The Morgan fingerprint density at radius 3 is 2.67 bits per heavy atom. The summed E-state index contributed by atoms with van der Waals surface area (Å²) in [7, 11) is 0. The molecular formula is C13H17NO. The zero-order valence-corrected chi connectivity index (χ0v) is 9.07. The van der Waals surface area contributed by atoms with Crippen LogP contribution in [0.4, 0.5) is 5.69 Å². The van der Waals surface area contributed by atoms with Crippen molar-refractivity contribution in [3.63, 3.8) is 0 Å². The van der Waals surface area contributed by atoms with Crippen molar-refractivity contribution >= 4 is 11.5 Å². The Balaban J connectivity index is 2.03. The molecule has 2 rings (SSSR count). The van der Waals surface area contributed by atoms with Crippen LogP contribution < -0.4 is 5.32 Å². The minimum absolute atomic E-state index is 0.213. The molecule has 1 aliphatic rings. The number of Topliss-reactive ketones (excluding diaryl/α,β-unsaturated/α-hetero) is 1. The van der Waals surface area contributed by atoms with Crippen molar-refractivity contribution in [2.75, 3.05) is 5.32 Å². The fourth-order valence-corrected chi connectivity index (χ4v) is 2.37. The molecule has 0 spiro atoms. The average Bonchev–Trinajstić information content (AvgIpc) is 2.67. The molecule has 0 saturated heterocycles. The largest absolute Gasteiger partial charge is 0.382 e. The number of carbonyl (C=O) groups excluding carboxylic acids is 1. The molecule has 0 bridgehead atoms. The Kier molecular flexibility index (Phi) is 3.05. The summed E-state index contributed by atoms with van der Waals surface area (Å²) in [5.41, 5.74) is 1.12. The molecule has 1 aliphatic carbocycles. The third-order valence-electron chi connectivity index (χ3n) is 3.16. The number of ketones is 1. The number of carbonyl (C=O) groups is 1. The Hall–Kier alpha value is -1.31. The molecule has 1 aromatic rings. The normalized spacial score (nSPS) is 25.1. The molecule has 2 nitrogen and oxygen atoms in total. The van der Waals surface area contributed by atoms with Crippen LogP contribution in [-0.2, 0) is 4.79 Å². The van der Waals surface area contributed by atoms with Gasteiger partial charge in [-0.3, -0.25) is 4.79 Å². The van der Waals surface area contributed by atoms with E-state index in [1.807, 2.05) is 18.2 Å². The van der Waals surface area contributed by atoms with E-state index in [0.29, 0.717) is 11.8 Å². The third-order valence-corrected chi connectivity index (χ3v) is 3.16. The first-order valence-corrected chi connectivity index (χ1v) is 5.59. The predicted octanol–water partition coefficient (Wildman–Crippen LogP) is 2.86. The minimum Gasteiger partial charge on any atom is -0.382 e. The molecule has 0 aliphatic heterocycles. The van der Waals surface area contributed by atoms with Crippen LogP contribution in [0.25, 0.3) is 0 Å². The topological polar surface area (TPSA) is 29.1 Å². The summed E-state index contributed by atoms with van der Waals surface area (Å²) in [6, 6.07) is 10.5. The van der Waals surface area contributed by atoms with Crippen molar-refractivity contribution in [3.05, 3.63) is 30.3 Å². The van der Waals surface area contributed by atoms with Gasteiger partial charge in [-0.25, -0.2) is 0 Å². The van der Waals surface area contributed by atoms with Crippen LogP contribution >= 0.6 is 0 Å². The van der Waals surface area contributed by atoms with Gasteiger partial charge >= 0.3 is 0 Å². The second-order valence-electron chi connectivity index (χ2n) is 4.26. The number of para-hydroxylation sites is 1. The van der Waals surface area contributed by atoms with Crippen LogP contribution in [0.15, 0.2) is 30.3 Å². The van der Waals surface area contributed by atoms with Crippen molar-refractivity contribution in [1.82, 2.24) is 0 Å². The lowest BCUT2D eigenvalue weighted by atomic mass is 9.99. The van der Waals surface area contributed by atoms with Crippen molar-refractivity contribution in [2.24, 2.45) is 5.92 Å². The number of rotatable bonds is 3. The Morgan fingerprint density at radius 2 is 2.00 bits per heavy atom. The molecule has 0 radical (unpaired) electrons. The molecule has 80 valence electrons. The SMILES string of the molecule is CC(=O)C1CCCC1Nc1ccccc1. The highest BCUT2D eigenvalue weighted by Gasteiger charge is 2.30. The van der Waals surface area contributed by atoms with Gasteiger partial charge in [-0.15, -0.1) is 0 Å². The first-order chi connectivity index (χ1) is 7.27. The van der Waals surface area contributed by atoms with Crippen molar-refractivity contribution in [2.45, 2.75) is 32.2 Å². The predicted molar refractivity (Wildman–Crippen MR) is 61.9 cm³/mol. The van der Waals surface area contributed by atoms with Crippen LogP contribution in [0.2, 0.25) is 0 Å². The molecule has 1 N–H and O–H groups in total. The standard InChI is InChI=1S/C13H17NO/c1-10(15)12-8-5-9-13(12)14-11-6-3-2-4-7-11/h2-4,6-7,12-14H,5,8-9H2,1H3. The summed E-state index contributed by atoms with van der Waals surface area (Å²) in [6.07, 6.45) is 3.31. The molecule has 1 fully saturated rings. The number of benzene rings is 1. The summed E-state index contributed by atoms with van der Waals surface area (Å²) < 4.78 is 0. The van der Waals surface area contributed by atoms with Gasteiger partial charge in [0.05, 0.1) is 0 Å². The van der Waals surface area contributed by atoms with Crippen LogP contribution in [-0.4, -0.2) is 11.8 Å². The molecule has 1 aromatic carbocycles. The molecule has 0 aromatic heterocycles. The van der Waals surface area contributed by atoms with Crippen molar-refractivity contribution in [3.8, 4) is 0 Å². The highest BCUT2D eigenvalue weighted by atomic mass is 16.1. The number of nitrogens with one attached hydrogen (secondary N) is 1. The van der Waals surface area contributed by atoms with E-state index < -0.39 is 0 Å². The lowest BCUT2D eigenvalue weighted by molar-refractivity contribution is -0.120. The maximum atomic E-state index is 11.4. The molecule has 15 heavy (non-hydrogen) atoms. The third kappa shape index (κ3) is 2.38.